The van der Waals surface area contributed by atoms with E-state index in [0.29, 0.717) is 15.9 Å². The number of hydrogen-bond acceptors (Lipinski definition) is 4. The van der Waals surface area contributed by atoms with Gasteiger partial charge in [0.15, 0.2) is 5.82 Å². The van der Waals surface area contributed by atoms with Crippen molar-refractivity contribution in [3.8, 4) is 5.75 Å². The van der Waals surface area contributed by atoms with Crippen LogP contribution < -0.4 is 11.1 Å². The summed E-state index contributed by atoms with van der Waals surface area (Å²) < 4.78 is 0.687. The molecule has 5 N–H and O–H groups in total. The van der Waals surface area contributed by atoms with Gasteiger partial charge in [-0.1, -0.05) is 15.9 Å². The number of carbonyl (C=O) groups is 1. The van der Waals surface area contributed by atoms with Crippen LogP contribution >= 0.6 is 15.9 Å². The van der Waals surface area contributed by atoms with Crippen LogP contribution in [0.1, 0.15) is 16.1 Å². The molecule has 0 aliphatic rings. The van der Waals surface area contributed by atoms with Gasteiger partial charge in [0.25, 0.3) is 5.91 Å². The number of H-pyrrole nitrogens is 1. The Labute approximate surface area is 111 Å². The number of aromatic amines is 1. The summed E-state index contributed by atoms with van der Waals surface area (Å²) in [6, 6.07) is 4.60. The Morgan fingerprint density at radius 3 is 2.83 bits per heavy atom. The van der Waals surface area contributed by atoms with Crippen molar-refractivity contribution in [1.82, 2.24) is 10.2 Å². The number of phenolic OH excluding ortho intramolecular Hbond substituents is 1. The molecular weight excluding hydrogens is 300 g/mol. The van der Waals surface area contributed by atoms with E-state index >= 15 is 0 Å². The normalized spacial score (nSPS) is 10.3. The fourth-order valence-corrected chi connectivity index (χ4v) is 1.75. The second kappa shape index (κ2) is 4.69. The summed E-state index contributed by atoms with van der Waals surface area (Å²) in [6.07, 6.45) is 0. The molecule has 0 unspecified atom stereocenters. The first-order chi connectivity index (χ1) is 8.49. The number of carbonyl (C=O) groups excluding carboxylic acids is 1. The van der Waals surface area contributed by atoms with E-state index in [1.165, 1.54) is 12.1 Å². The first-order valence-electron chi connectivity index (χ1n) is 5.09. The molecular formula is C11H11BrN4O2. The van der Waals surface area contributed by atoms with Crippen molar-refractivity contribution in [2.75, 3.05) is 11.1 Å². The largest absolute Gasteiger partial charge is 0.507 e. The lowest BCUT2D eigenvalue weighted by Crippen LogP contribution is -2.13. The lowest BCUT2D eigenvalue weighted by atomic mass is 10.2. The van der Waals surface area contributed by atoms with Crippen molar-refractivity contribution in [3.05, 3.63) is 33.9 Å². The van der Waals surface area contributed by atoms with Gasteiger partial charge in [-0.25, -0.2) is 0 Å². The van der Waals surface area contributed by atoms with Gasteiger partial charge in [0.05, 0.1) is 16.9 Å². The first-order valence-corrected chi connectivity index (χ1v) is 5.88. The standard InChI is InChI=1S/C11H11BrN4O2/c1-5-9(13)10(16-15-5)14-11(18)7-3-2-6(12)4-8(7)17/h2-4,17H,13H2,1H3,(H2,14,15,16,18). The summed E-state index contributed by atoms with van der Waals surface area (Å²) in [7, 11) is 0. The molecule has 1 aromatic carbocycles. The SMILES string of the molecule is Cc1[nH]nc(NC(=O)c2ccc(Br)cc2O)c1N. The fraction of sp³-hybridized carbons (Fsp3) is 0.0909. The van der Waals surface area contributed by atoms with E-state index in [4.69, 9.17) is 5.73 Å². The van der Waals surface area contributed by atoms with Crippen LogP contribution in [0.25, 0.3) is 0 Å². The highest BCUT2D eigenvalue weighted by atomic mass is 79.9. The molecule has 6 nitrogen and oxygen atoms in total. The Hall–Kier alpha value is -2.02. The molecule has 2 aromatic rings. The molecule has 0 fully saturated rings. The minimum Gasteiger partial charge on any atom is -0.507 e. The molecule has 0 aliphatic heterocycles. The Balaban J connectivity index is 2.25. The van der Waals surface area contributed by atoms with E-state index in [9.17, 15) is 9.90 Å². The Kier molecular flexibility index (Phi) is 3.24. The van der Waals surface area contributed by atoms with Crippen molar-refractivity contribution in [3.63, 3.8) is 0 Å². The number of hydrogen-bond donors (Lipinski definition) is 4. The van der Waals surface area contributed by atoms with Crippen LogP contribution in [0.2, 0.25) is 0 Å². The average molecular weight is 311 g/mol. The molecule has 0 spiro atoms. The third kappa shape index (κ3) is 2.30. The van der Waals surface area contributed by atoms with Gasteiger partial charge < -0.3 is 16.2 Å². The lowest BCUT2D eigenvalue weighted by molar-refractivity contribution is 0.102. The van der Waals surface area contributed by atoms with E-state index in [-0.39, 0.29) is 17.1 Å². The summed E-state index contributed by atoms with van der Waals surface area (Å²) in [4.78, 5) is 11.9. The zero-order valence-electron chi connectivity index (χ0n) is 9.49. The van der Waals surface area contributed by atoms with Gasteiger partial charge in [0.1, 0.15) is 5.75 Å². The number of amides is 1. The third-order valence-electron chi connectivity index (χ3n) is 2.43. The van der Waals surface area contributed by atoms with Crippen molar-refractivity contribution in [1.29, 1.82) is 0 Å². The lowest BCUT2D eigenvalue weighted by Gasteiger charge is -2.05. The number of nitrogens with two attached hydrogens (primary N) is 1. The number of halogens is 1. The number of nitrogen functional groups attached to an aromatic ring is 1. The number of anilines is 2. The van der Waals surface area contributed by atoms with Crippen LogP contribution in [-0.4, -0.2) is 21.2 Å². The molecule has 2 rings (SSSR count). The Morgan fingerprint density at radius 2 is 2.28 bits per heavy atom. The number of phenols is 1. The van der Waals surface area contributed by atoms with Crippen LogP contribution in [-0.2, 0) is 0 Å². The second-order valence-electron chi connectivity index (χ2n) is 3.73. The summed E-state index contributed by atoms with van der Waals surface area (Å²) in [5.74, 6) is -0.342. The van der Waals surface area contributed by atoms with Gasteiger partial charge in [0.2, 0.25) is 0 Å². The number of aryl methyl sites for hydroxylation is 1. The van der Waals surface area contributed by atoms with Gasteiger partial charge in [-0.3, -0.25) is 9.89 Å². The van der Waals surface area contributed by atoms with E-state index in [1.807, 2.05) is 0 Å². The number of nitrogens with one attached hydrogen (secondary N) is 2. The maximum atomic E-state index is 11.9. The zero-order valence-corrected chi connectivity index (χ0v) is 11.1. The zero-order chi connectivity index (χ0) is 13.3. The number of rotatable bonds is 2. The third-order valence-corrected chi connectivity index (χ3v) is 2.92. The van der Waals surface area contributed by atoms with Gasteiger partial charge in [0, 0.05) is 4.47 Å². The van der Waals surface area contributed by atoms with Crippen molar-refractivity contribution in [2.45, 2.75) is 6.92 Å². The Morgan fingerprint density at radius 1 is 1.56 bits per heavy atom. The molecule has 0 bridgehead atoms. The van der Waals surface area contributed by atoms with Crippen LogP contribution in [0.15, 0.2) is 22.7 Å². The van der Waals surface area contributed by atoms with Crippen molar-refractivity contribution >= 4 is 33.3 Å². The van der Waals surface area contributed by atoms with Crippen molar-refractivity contribution in [2.24, 2.45) is 0 Å². The summed E-state index contributed by atoms with van der Waals surface area (Å²) in [5.41, 5.74) is 6.91. The van der Waals surface area contributed by atoms with E-state index in [2.05, 4.69) is 31.4 Å². The predicted octanol–water partition coefficient (Wildman–Crippen LogP) is 2.02. The van der Waals surface area contributed by atoms with Crippen LogP contribution in [0.5, 0.6) is 5.75 Å². The van der Waals surface area contributed by atoms with Gasteiger partial charge in [-0.2, -0.15) is 5.10 Å². The molecule has 0 saturated carbocycles. The minimum atomic E-state index is -0.474. The van der Waals surface area contributed by atoms with Crippen molar-refractivity contribution < 1.29 is 9.90 Å². The molecule has 18 heavy (non-hydrogen) atoms. The fourth-order valence-electron chi connectivity index (χ4n) is 1.40. The average Bonchev–Trinajstić information content (AvgIpc) is 2.61. The molecule has 7 heteroatoms. The highest BCUT2D eigenvalue weighted by molar-refractivity contribution is 9.10. The van der Waals surface area contributed by atoms with Gasteiger partial charge in [-0.05, 0) is 25.1 Å². The summed E-state index contributed by atoms with van der Waals surface area (Å²) in [6.45, 7) is 1.75. The number of aromatic hydroxyl groups is 1. The van der Waals surface area contributed by atoms with Gasteiger partial charge >= 0.3 is 0 Å². The monoisotopic (exact) mass is 310 g/mol. The summed E-state index contributed by atoms with van der Waals surface area (Å²) >= 11 is 3.20. The molecule has 1 aromatic heterocycles. The van der Waals surface area contributed by atoms with E-state index < -0.39 is 5.91 Å². The molecule has 0 aliphatic carbocycles. The summed E-state index contributed by atoms with van der Waals surface area (Å²) in [5, 5.41) is 18.7. The maximum Gasteiger partial charge on any atom is 0.260 e. The molecule has 94 valence electrons. The number of benzene rings is 1. The maximum absolute atomic E-state index is 11.9. The van der Waals surface area contributed by atoms with Crippen LogP contribution in [0, 0.1) is 6.92 Å². The number of aromatic nitrogens is 2. The highest BCUT2D eigenvalue weighted by Gasteiger charge is 2.15. The molecule has 1 heterocycles. The molecule has 0 radical (unpaired) electrons. The number of nitrogens with zero attached hydrogens (tertiary/aromatic N) is 1. The van der Waals surface area contributed by atoms with E-state index in [1.54, 1.807) is 13.0 Å². The molecule has 0 atom stereocenters. The van der Waals surface area contributed by atoms with E-state index in [0.717, 1.165) is 0 Å². The molecule has 0 saturated heterocycles. The topological polar surface area (TPSA) is 104 Å². The molecule has 1 amide bonds. The quantitative estimate of drug-likeness (QED) is 0.681. The second-order valence-corrected chi connectivity index (χ2v) is 4.64. The first kappa shape index (κ1) is 12.4. The minimum absolute atomic E-state index is 0.118. The smallest absolute Gasteiger partial charge is 0.260 e. The van der Waals surface area contributed by atoms with Crippen LogP contribution in [0.3, 0.4) is 0 Å². The van der Waals surface area contributed by atoms with Crippen LogP contribution in [0.4, 0.5) is 11.5 Å². The Bertz CT molecular complexity index is 609. The van der Waals surface area contributed by atoms with Gasteiger partial charge in [-0.15, -0.1) is 0 Å². The highest BCUT2D eigenvalue weighted by Crippen LogP contribution is 2.24. The predicted molar refractivity (Wildman–Crippen MR) is 71.5 cm³/mol.